The molecule has 0 aromatic rings. The number of ketones is 1. The lowest BCUT2D eigenvalue weighted by Gasteiger charge is -2.19. The van der Waals surface area contributed by atoms with E-state index >= 15 is 0 Å². The molecule has 5 nitrogen and oxygen atoms in total. The van der Waals surface area contributed by atoms with Crippen LogP contribution in [0.1, 0.15) is 27.2 Å². The molecule has 0 aromatic heterocycles. The Bertz CT molecular complexity index is 402. The van der Waals surface area contributed by atoms with Crippen LogP contribution in [-0.4, -0.2) is 36.4 Å². The Kier molecular flexibility index (Phi) is 2.03. The number of rotatable bonds is 2. The highest BCUT2D eigenvalue weighted by Gasteiger charge is 2.79. The summed E-state index contributed by atoms with van der Waals surface area (Å²) in [5.74, 6) is -1.35. The molecule has 1 heterocycles. The van der Waals surface area contributed by atoms with Gasteiger partial charge in [0.05, 0.1) is 12.7 Å². The second-order valence-corrected chi connectivity index (χ2v) is 5.39. The smallest absolute Gasteiger partial charge is 0.320 e. The molecule has 0 spiro atoms. The van der Waals surface area contributed by atoms with E-state index in [-0.39, 0.29) is 17.8 Å². The number of hydrogen-bond acceptors (Lipinski definition) is 5. The van der Waals surface area contributed by atoms with Gasteiger partial charge in [0.2, 0.25) is 0 Å². The Hall–Kier alpha value is -0.940. The Morgan fingerprint density at radius 3 is 2.76 bits per heavy atom. The molecule has 0 N–H and O–H groups in total. The van der Waals surface area contributed by atoms with Crippen molar-refractivity contribution < 1.29 is 23.8 Å². The minimum atomic E-state index is -0.957. The van der Waals surface area contributed by atoms with Gasteiger partial charge in [-0.05, 0) is 27.2 Å². The van der Waals surface area contributed by atoms with Gasteiger partial charge in [0.15, 0.2) is 11.6 Å². The summed E-state index contributed by atoms with van der Waals surface area (Å²) in [6, 6.07) is 0. The van der Waals surface area contributed by atoms with Crippen LogP contribution in [0.4, 0.5) is 0 Å². The zero-order valence-electron chi connectivity index (χ0n) is 10.2. The normalized spacial score (nSPS) is 45.4. The number of esters is 1. The highest BCUT2D eigenvalue weighted by atomic mass is 16.8. The molecule has 0 amide bonds. The number of hydrogen-bond donors (Lipinski definition) is 0. The second kappa shape index (κ2) is 3.09. The second-order valence-electron chi connectivity index (χ2n) is 5.39. The maximum absolute atomic E-state index is 12.2. The number of carbonyl (C=O) groups is 2. The van der Waals surface area contributed by atoms with E-state index in [1.165, 1.54) is 0 Å². The maximum atomic E-state index is 12.2. The summed E-state index contributed by atoms with van der Waals surface area (Å²) in [5, 5.41) is 0. The third-order valence-electron chi connectivity index (χ3n) is 3.88. The van der Waals surface area contributed by atoms with Gasteiger partial charge in [0, 0.05) is 5.92 Å². The Labute approximate surface area is 99.4 Å². The molecule has 0 radical (unpaired) electrons. The van der Waals surface area contributed by atoms with Crippen molar-refractivity contribution in [3.8, 4) is 0 Å². The Morgan fingerprint density at radius 1 is 1.47 bits per heavy atom. The lowest BCUT2D eigenvalue weighted by Crippen LogP contribution is -2.35. The number of Topliss-reactive ketones (excluding diaryl/α,β-unsaturated/α-hetero) is 1. The molecular weight excluding hydrogens is 224 g/mol. The SMILES string of the molecule is CCOC(=O)[C@]12C[C@H]1[C@H]1OC(C)(C)O[C@H]1C2=O. The summed E-state index contributed by atoms with van der Waals surface area (Å²) >= 11 is 0. The molecule has 5 heteroatoms. The molecule has 0 unspecified atom stereocenters. The van der Waals surface area contributed by atoms with Gasteiger partial charge in [0.1, 0.15) is 11.5 Å². The molecule has 0 aromatic carbocycles. The first-order valence-electron chi connectivity index (χ1n) is 5.99. The third-order valence-corrected chi connectivity index (χ3v) is 3.88. The minimum Gasteiger partial charge on any atom is -0.465 e. The summed E-state index contributed by atoms with van der Waals surface area (Å²) in [4.78, 5) is 24.1. The van der Waals surface area contributed by atoms with E-state index in [4.69, 9.17) is 14.2 Å². The molecule has 1 saturated heterocycles. The van der Waals surface area contributed by atoms with Crippen molar-refractivity contribution in [1.82, 2.24) is 0 Å². The van der Waals surface area contributed by atoms with Gasteiger partial charge < -0.3 is 14.2 Å². The average molecular weight is 240 g/mol. The maximum Gasteiger partial charge on any atom is 0.320 e. The fourth-order valence-corrected chi connectivity index (χ4v) is 3.10. The van der Waals surface area contributed by atoms with E-state index < -0.39 is 23.3 Å². The molecule has 1 aliphatic heterocycles. The zero-order valence-corrected chi connectivity index (χ0v) is 10.2. The van der Waals surface area contributed by atoms with Gasteiger partial charge >= 0.3 is 5.97 Å². The molecule has 3 fully saturated rings. The fraction of sp³-hybridized carbons (Fsp3) is 0.833. The lowest BCUT2D eigenvalue weighted by atomic mass is 10.0. The third kappa shape index (κ3) is 1.27. The number of carbonyl (C=O) groups excluding carboxylic acids is 2. The lowest BCUT2D eigenvalue weighted by molar-refractivity contribution is -0.170. The molecule has 2 aliphatic carbocycles. The van der Waals surface area contributed by atoms with Gasteiger partial charge in [-0.25, -0.2) is 0 Å². The summed E-state index contributed by atoms with van der Waals surface area (Å²) in [6.07, 6.45) is -0.319. The van der Waals surface area contributed by atoms with Gasteiger partial charge in [-0.15, -0.1) is 0 Å². The van der Waals surface area contributed by atoms with Crippen molar-refractivity contribution in [3.05, 3.63) is 0 Å². The molecule has 0 bridgehead atoms. The van der Waals surface area contributed by atoms with Crippen molar-refractivity contribution in [2.45, 2.75) is 45.2 Å². The van der Waals surface area contributed by atoms with Crippen LogP contribution in [0.2, 0.25) is 0 Å². The van der Waals surface area contributed by atoms with Gasteiger partial charge in [-0.2, -0.15) is 0 Å². The van der Waals surface area contributed by atoms with Gasteiger partial charge in [0.25, 0.3) is 0 Å². The average Bonchev–Trinajstić information content (AvgIpc) is 2.85. The minimum absolute atomic E-state index is 0.0548. The van der Waals surface area contributed by atoms with E-state index in [0.29, 0.717) is 13.0 Å². The molecule has 4 atom stereocenters. The molecule has 17 heavy (non-hydrogen) atoms. The van der Waals surface area contributed by atoms with E-state index in [1.54, 1.807) is 20.8 Å². The van der Waals surface area contributed by atoms with Crippen LogP contribution in [0.15, 0.2) is 0 Å². The van der Waals surface area contributed by atoms with Crippen molar-refractivity contribution in [2.24, 2.45) is 11.3 Å². The van der Waals surface area contributed by atoms with Crippen LogP contribution >= 0.6 is 0 Å². The van der Waals surface area contributed by atoms with Crippen LogP contribution in [0.5, 0.6) is 0 Å². The first kappa shape index (κ1) is 11.2. The van der Waals surface area contributed by atoms with E-state index in [0.717, 1.165) is 0 Å². The summed E-state index contributed by atoms with van der Waals surface area (Å²) < 4.78 is 16.2. The highest BCUT2D eigenvalue weighted by Crippen LogP contribution is 2.65. The first-order chi connectivity index (χ1) is 7.92. The predicted octanol–water partition coefficient (Wildman–Crippen LogP) is 0.659. The Morgan fingerprint density at radius 2 is 2.18 bits per heavy atom. The molecule has 2 saturated carbocycles. The summed E-state index contributed by atoms with van der Waals surface area (Å²) in [7, 11) is 0. The van der Waals surface area contributed by atoms with Crippen molar-refractivity contribution in [1.29, 1.82) is 0 Å². The predicted molar refractivity (Wildman–Crippen MR) is 56.0 cm³/mol. The monoisotopic (exact) mass is 240 g/mol. The van der Waals surface area contributed by atoms with Crippen LogP contribution < -0.4 is 0 Å². The van der Waals surface area contributed by atoms with E-state index in [1.807, 2.05) is 0 Å². The van der Waals surface area contributed by atoms with Gasteiger partial charge in [-0.1, -0.05) is 0 Å². The summed E-state index contributed by atoms with van der Waals surface area (Å²) in [6.45, 7) is 5.60. The first-order valence-corrected chi connectivity index (χ1v) is 5.99. The standard InChI is InChI=1S/C12H16O5/c1-4-15-10(14)12-5-6(12)7-8(9(12)13)17-11(2,3)16-7/h6-8H,4-5H2,1-3H3/t6-,7+,8+,12+/m0/s1. The largest absolute Gasteiger partial charge is 0.465 e. The zero-order chi connectivity index (χ0) is 12.4. The van der Waals surface area contributed by atoms with Crippen LogP contribution in [0.25, 0.3) is 0 Å². The van der Waals surface area contributed by atoms with Crippen LogP contribution in [0, 0.1) is 11.3 Å². The highest BCUT2D eigenvalue weighted by molar-refractivity contribution is 6.12. The number of ether oxygens (including phenoxy) is 3. The van der Waals surface area contributed by atoms with Crippen LogP contribution in [0.3, 0.4) is 0 Å². The van der Waals surface area contributed by atoms with E-state index in [2.05, 4.69) is 0 Å². The molecule has 94 valence electrons. The topological polar surface area (TPSA) is 61.8 Å². The van der Waals surface area contributed by atoms with Crippen molar-refractivity contribution >= 4 is 11.8 Å². The van der Waals surface area contributed by atoms with Crippen LogP contribution in [-0.2, 0) is 23.8 Å². The quantitative estimate of drug-likeness (QED) is 0.524. The van der Waals surface area contributed by atoms with Crippen molar-refractivity contribution in [3.63, 3.8) is 0 Å². The van der Waals surface area contributed by atoms with Crippen molar-refractivity contribution in [2.75, 3.05) is 6.61 Å². The molecule has 3 rings (SSSR count). The summed E-state index contributed by atoms with van der Waals surface area (Å²) in [5.41, 5.74) is -0.957. The number of fused-ring (bicyclic) bond motifs is 3. The van der Waals surface area contributed by atoms with E-state index in [9.17, 15) is 9.59 Å². The molecular formula is C12H16O5. The Balaban J connectivity index is 1.84. The molecule has 3 aliphatic rings. The van der Waals surface area contributed by atoms with Gasteiger partial charge in [-0.3, -0.25) is 9.59 Å². The fourth-order valence-electron chi connectivity index (χ4n) is 3.10.